The zero-order valence-electron chi connectivity index (χ0n) is 10.7. The fourth-order valence-electron chi connectivity index (χ4n) is 1.33. The molecule has 0 unspecified atom stereocenters. The number of rotatable bonds is 4. The molecule has 0 aliphatic rings. The molecule has 2 N–H and O–H groups in total. The highest BCUT2D eigenvalue weighted by Crippen LogP contribution is 2.20. The molecule has 1 amide bonds. The van der Waals surface area contributed by atoms with Crippen LogP contribution in [-0.4, -0.2) is 31.6 Å². The first-order valence-electron chi connectivity index (χ1n) is 5.57. The Morgan fingerprint density at radius 3 is 2.45 bits per heavy atom. The first-order valence-corrected chi connectivity index (χ1v) is 7.87. The molecular weight excluding hydrogens is 300 g/mol. The Morgan fingerprint density at radius 2 is 1.85 bits per heavy atom. The van der Waals surface area contributed by atoms with Crippen LogP contribution in [0.2, 0.25) is 0 Å². The van der Waals surface area contributed by atoms with E-state index in [2.05, 4.69) is 20.2 Å². The molecule has 106 valence electrons. The highest BCUT2D eigenvalue weighted by Gasteiger charge is 2.19. The molecule has 0 bridgehead atoms. The lowest BCUT2D eigenvalue weighted by molar-refractivity contribution is 0.102. The van der Waals surface area contributed by atoms with Crippen LogP contribution in [0.5, 0.6) is 0 Å². The minimum Gasteiger partial charge on any atom is -0.296 e. The van der Waals surface area contributed by atoms with Crippen molar-refractivity contribution in [3.63, 3.8) is 0 Å². The molecule has 20 heavy (non-hydrogen) atoms. The quantitative estimate of drug-likeness (QED) is 0.820. The van der Waals surface area contributed by atoms with Gasteiger partial charge in [0.25, 0.3) is 15.9 Å². The molecule has 0 atom stereocenters. The van der Waals surface area contributed by atoms with Crippen LogP contribution in [0.3, 0.4) is 0 Å². The van der Waals surface area contributed by atoms with Crippen LogP contribution >= 0.6 is 11.3 Å². The normalized spacial score (nSPS) is 11.3. The molecule has 2 aromatic rings. The number of nitrogens with zero attached hydrogens (tertiary/aromatic N) is 2. The zero-order chi connectivity index (χ0) is 14.8. The van der Waals surface area contributed by atoms with E-state index >= 15 is 0 Å². The number of aromatic nitrogens is 2. The lowest BCUT2D eigenvalue weighted by Gasteiger charge is -2.01. The molecule has 0 spiro atoms. The van der Waals surface area contributed by atoms with Crippen molar-refractivity contribution in [2.45, 2.75) is 11.3 Å². The molecule has 0 saturated carbocycles. The molecule has 0 radical (unpaired) electrons. The van der Waals surface area contributed by atoms with Gasteiger partial charge in [0.15, 0.2) is 0 Å². The molecule has 0 aliphatic carbocycles. The molecule has 2 rings (SSSR count). The van der Waals surface area contributed by atoms with E-state index in [1.165, 1.54) is 7.05 Å². The summed E-state index contributed by atoms with van der Waals surface area (Å²) in [6.07, 6.45) is 0. The standard InChI is InChI=1S/C11H12N4O3S2/c1-7-3-5-8(6-4-7)9(16)13-10-14-15-11(19-10)20(17,18)12-2/h3-6,12H,1-2H3,(H,13,14,16). The van der Waals surface area contributed by atoms with Gasteiger partial charge < -0.3 is 0 Å². The lowest BCUT2D eigenvalue weighted by atomic mass is 10.1. The Kier molecular flexibility index (Phi) is 4.12. The van der Waals surface area contributed by atoms with Crippen molar-refractivity contribution in [1.82, 2.24) is 14.9 Å². The third-order valence-electron chi connectivity index (χ3n) is 2.44. The smallest absolute Gasteiger partial charge is 0.269 e. The molecule has 1 heterocycles. The van der Waals surface area contributed by atoms with Gasteiger partial charge in [-0.2, -0.15) is 0 Å². The Labute approximate surface area is 120 Å². The second kappa shape index (κ2) is 5.65. The third-order valence-corrected chi connectivity index (χ3v) is 5.06. The van der Waals surface area contributed by atoms with Crippen molar-refractivity contribution in [1.29, 1.82) is 0 Å². The number of benzene rings is 1. The maximum absolute atomic E-state index is 11.9. The van der Waals surface area contributed by atoms with Crippen molar-refractivity contribution < 1.29 is 13.2 Å². The summed E-state index contributed by atoms with van der Waals surface area (Å²) in [5, 5.41) is 9.79. The van der Waals surface area contributed by atoms with Crippen LogP contribution in [-0.2, 0) is 10.0 Å². The predicted octanol–water partition coefficient (Wildman–Crippen LogP) is 1.01. The number of carbonyl (C=O) groups is 1. The number of hydrogen-bond donors (Lipinski definition) is 2. The average molecular weight is 312 g/mol. The second-order valence-corrected chi connectivity index (χ2v) is 6.94. The van der Waals surface area contributed by atoms with Gasteiger partial charge in [-0.1, -0.05) is 29.0 Å². The van der Waals surface area contributed by atoms with Crippen molar-refractivity contribution >= 4 is 32.4 Å². The number of sulfonamides is 1. The summed E-state index contributed by atoms with van der Waals surface area (Å²) in [6, 6.07) is 6.98. The molecular formula is C11H12N4O3S2. The molecule has 9 heteroatoms. The molecule has 0 fully saturated rings. The van der Waals surface area contributed by atoms with Crippen LogP contribution < -0.4 is 10.0 Å². The largest absolute Gasteiger partial charge is 0.296 e. The van der Waals surface area contributed by atoms with Crippen LogP contribution in [0, 0.1) is 6.92 Å². The van der Waals surface area contributed by atoms with E-state index in [9.17, 15) is 13.2 Å². The van der Waals surface area contributed by atoms with Gasteiger partial charge in [-0.25, -0.2) is 13.1 Å². The Balaban J connectivity index is 2.15. The SMILES string of the molecule is CNS(=O)(=O)c1nnc(NC(=O)c2ccc(C)cc2)s1. The topological polar surface area (TPSA) is 101 Å². The van der Waals surface area contributed by atoms with Gasteiger partial charge in [-0.15, -0.1) is 10.2 Å². The van der Waals surface area contributed by atoms with Crippen LogP contribution in [0.25, 0.3) is 0 Å². The molecule has 1 aromatic heterocycles. The lowest BCUT2D eigenvalue weighted by Crippen LogP contribution is -2.18. The van der Waals surface area contributed by atoms with Crippen molar-refractivity contribution in [2.24, 2.45) is 0 Å². The van der Waals surface area contributed by atoms with Gasteiger partial charge in [-0.05, 0) is 26.1 Å². The van der Waals surface area contributed by atoms with Crippen LogP contribution in [0.1, 0.15) is 15.9 Å². The Morgan fingerprint density at radius 1 is 1.20 bits per heavy atom. The fourth-order valence-corrected chi connectivity index (χ4v) is 3.05. The summed E-state index contributed by atoms with van der Waals surface area (Å²) in [5.74, 6) is -0.366. The summed E-state index contributed by atoms with van der Waals surface area (Å²) in [7, 11) is -2.36. The zero-order valence-corrected chi connectivity index (χ0v) is 12.4. The minimum absolute atomic E-state index is 0.129. The summed E-state index contributed by atoms with van der Waals surface area (Å²) in [5.41, 5.74) is 1.50. The Bertz CT molecular complexity index is 722. The minimum atomic E-state index is -3.64. The fraction of sp³-hybridized carbons (Fsp3) is 0.182. The van der Waals surface area contributed by atoms with Crippen molar-refractivity contribution in [3.8, 4) is 0 Å². The number of aryl methyl sites for hydroxylation is 1. The van der Waals surface area contributed by atoms with E-state index in [-0.39, 0.29) is 15.4 Å². The van der Waals surface area contributed by atoms with E-state index in [4.69, 9.17) is 0 Å². The van der Waals surface area contributed by atoms with E-state index in [1.807, 2.05) is 19.1 Å². The maximum Gasteiger partial charge on any atom is 0.269 e. The van der Waals surface area contributed by atoms with Crippen molar-refractivity contribution in [3.05, 3.63) is 35.4 Å². The van der Waals surface area contributed by atoms with Crippen LogP contribution in [0.4, 0.5) is 5.13 Å². The number of amides is 1. The summed E-state index contributed by atoms with van der Waals surface area (Å²) >= 11 is 0.786. The monoisotopic (exact) mass is 312 g/mol. The van der Waals surface area contributed by atoms with Gasteiger partial charge in [-0.3, -0.25) is 10.1 Å². The van der Waals surface area contributed by atoms with Crippen molar-refractivity contribution in [2.75, 3.05) is 12.4 Å². The summed E-state index contributed by atoms with van der Waals surface area (Å²) in [4.78, 5) is 11.9. The third kappa shape index (κ3) is 3.18. The van der Waals surface area contributed by atoms with Crippen LogP contribution in [0.15, 0.2) is 28.6 Å². The number of carbonyl (C=O) groups excluding carboxylic acids is 1. The highest BCUT2D eigenvalue weighted by atomic mass is 32.2. The van der Waals surface area contributed by atoms with E-state index in [0.717, 1.165) is 16.9 Å². The Hall–Kier alpha value is -1.84. The first kappa shape index (κ1) is 14.6. The molecule has 7 nitrogen and oxygen atoms in total. The number of hydrogen-bond acceptors (Lipinski definition) is 6. The maximum atomic E-state index is 11.9. The van der Waals surface area contributed by atoms with Gasteiger partial charge in [0.05, 0.1) is 0 Å². The molecule has 0 aliphatic heterocycles. The first-order chi connectivity index (χ1) is 9.42. The highest BCUT2D eigenvalue weighted by molar-refractivity contribution is 7.91. The van der Waals surface area contributed by atoms with E-state index < -0.39 is 10.0 Å². The molecule has 1 aromatic carbocycles. The number of nitrogens with one attached hydrogen (secondary N) is 2. The average Bonchev–Trinajstić information content (AvgIpc) is 2.88. The van der Waals surface area contributed by atoms with Gasteiger partial charge in [0.2, 0.25) is 9.47 Å². The number of anilines is 1. The van der Waals surface area contributed by atoms with Gasteiger partial charge in [0, 0.05) is 5.56 Å². The predicted molar refractivity (Wildman–Crippen MR) is 75.3 cm³/mol. The summed E-state index contributed by atoms with van der Waals surface area (Å²) < 4.78 is 24.9. The molecule has 0 saturated heterocycles. The second-order valence-electron chi connectivity index (χ2n) is 3.90. The van der Waals surface area contributed by atoms with E-state index in [1.54, 1.807) is 12.1 Å². The summed E-state index contributed by atoms with van der Waals surface area (Å²) in [6.45, 7) is 1.92. The van der Waals surface area contributed by atoms with Gasteiger partial charge >= 0.3 is 0 Å². The van der Waals surface area contributed by atoms with Gasteiger partial charge in [0.1, 0.15) is 0 Å². The van der Waals surface area contributed by atoms with E-state index in [0.29, 0.717) is 5.56 Å².